The quantitative estimate of drug-likeness (QED) is 0.730. The molecular weight excluding hydrogens is 256 g/mol. The number of methoxy groups -OCH3 is 1. The number of nitrogens with one attached hydrogen (secondary N) is 1. The number of hydrogen-bond acceptors (Lipinski definition) is 4. The van der Waals surface area contributed by atoms with E-state index in [4.69, 9.17) is 10.5 Å². The zero-order valence-electron chi connectivity index (χ0n) is 11.8. The molecule has 2 rings (SSSR count). The standard InChI is InChI=1S/C15H22N2O3/c1-20-13-8-4-6-11(14(13)16)15(19)17-9-10-5-2-3-7-12(10)18/h4,6,8,10,12,18H,2-3,5,7,9,16H2,1H3,(H,17,19). The average molecular weight is 278 g/mol. The minimum Gasteiger partial charge on any atom is -0.495 e. The number of rotatable bonds is 4. The largest absolute Gasteiger partial charge is 0.495 e. The van der Waals surface area contributed by atoms with E-state index in [0.29, 0.717) is 23.5 Å². The van der Waals surface area contributed by atoms with E-state index in [1.807, 2.05) is 0 Å². The van der Waals surface area contributed by atoms with Gasteiger partial charge in [0.25, 0.3) is 5.91 Å². The van der Waals surface area contributed by atoms with E-state index in [2.05, 4.69) is 5.32 Å². The van der Waals surface area contributed by atoms with Crippen LogP contribution in [0.25, 0.3) is 0 Å². The van der Waals surface area contributed by atoms with Crippen molar-refractivity contribution in [2.75, 3.05) is 19.4 Å². The van der Waals surface area contributed by atoms with E-state index in [0.717, 1.165) is 25.7 Å². The molecule has 5 heteroatoms. The summed E-state index contributed by atoms with van der Waals surface area (Å²) in [6, 6.07) is 5.13. The topological polar surface area (TPSA) is 84.6 Å². The molecule has 1 amide bonds. The number of carbonyl (C=O) groups is 1. The van der Waals surface area contributed by atoms with Crippen LogP contribution in [-0.4, -0.2) is 30.8 Å². The number of carbonyl (C=O) groups excluding carboxylic acids is 1. The van der Waals surface area contributed by atoms with Gasteiger partial charge in [-0.25, -0.2) is 0 Å². The zero-order valence-corrected chi connectivity index (χ0v) is 11.8. The van der Waals surface area contributed by atoms with E-state index in [-0.39, 0.29) is 17.9 Å². The number of nitrogens with two attached hydrogens (primary N) is 1. The Morgan fingerprint density at radius 1 is 1.45 bits per heavy atom. The van der Waals surface area contributed by atoms with Gasteiger partial charge < -0.3 is 20.9 Å². The molecule has 1 aromatic rings. The van der Waals surface area contributed by atoms with E-state index in [1.165, 1.54) is 7.11 Å². The molecule has 0 saturated heterocycles. The van der Waals surface area contributed by atoms with E-state index in [1.54, 1.807) is 18.2 Å². The second-order valence-electron chi connectivity index (χ2n) is 5.24. The molecule has 0 spiro atoms. The Hall–Kier alpha value is -1.75. The maximum atomic E-state index is 12.2. The Morgan fingerprint density at radius 3 is 2.90 bits per heavy atom. The van der Waals surface area contributed by atoms with Crippen molar-refractivity contribution in [2.45, 2.75) is 31.8 Å². The van der Waals surface area contributed by atoms with Crippen molar-refractivity contribution in [3.05, 3.63) is 23.8 Å². The van der Waals surface area contributed by atoms with Crippen molar-refractivity contribution in [1.29, 1.82) is 0 Å². The van der Waals surface area contributed by atoms with Crippen LogP contribution in [0.3, 0.4) is 0 Å². The molecule has 1 aromatic carbocycles. The van der Waals surface area contributed by atoms with Crippen LogP contribution >= 0.6 is 0 Å². The molecule has 0 heterocycles. The van der Waals surface area contributed by atoms with E-state index >= 15 is 0 Å². The number of hydrogen-bond donors (Lipinski definition) is 3. The Labute approximate surface area is 119 Å². The number of para-hydroxylation sites is 1. The summed E-state index contributed by atoms with van der Waals surface area (Å²) in [5, 5.41) is 12.7. The summed E-state index contributed by atoms with van der Waals surface area (Å²) in [5.74, 6) is 0.411. The number of benzene rings is 1. The predicted octanol–water partition coefficient (Wildman–Crippen LogP) is 1.56. The van der Waals surface area contributed by atoms with Gasteiger partial charge in [0.15, 0.2) is 0 Å². The lowest BCUT2D eigenvalue weighted by atomic mass is 9.86. The average Bonchev–Trinajstić information content (AvgIpc) is 2.46. The number of amides is 1. The van der Waals surface area contributed by atoms with Crippen molar-refractivity contribution < 1.29 is 14.6 Å². The molecule has 0 bridgehead atoms. The minimum absolute atomic E-state index is 0.138. The lowest BCUT2D eigenvalue weighted by Gasteiger charge is -2.27. The number of nitrogen functional groups attached to an aromatic ring is 1. The van der Waals surface area contributed by atoms with E-state index in [9.17, 15) is 9.90 Å². The van der Waals surface area contributed by atoms with Crippen LogP contribution in [0.1, 0.15) is 36.0 Å². The molecular formula is C15H22N2O3. The molecule has 0 aliphatic heterocycles. The predicted molar refractivity (Wildman–Crippen MR) is 77.7 cm³/mol. The number of aliphatic hydroxyl groups is 1. The molecule has 1 saturated carbocycles. The van der Waals surface area contributed by atoms with Gasteiger partial charge in [-0.05, 0) is 25.0 Å². The fraction of sp³-hybridized carbons (Fsp3) is 0.533. The van der Waals surface area contributed by atoms with Gasteiger partial charge in [0.2, 0.25) is 0 Å². The van der Waals surface area contributed by atoms with Crippen LogP contribution in [-0.2, 0) is 0 Å². The SMILES string of the molecule is COc1cccc(C(=O)NCC2CCCCC2O)c1N. The molecule has 20 heavy (non-hydrogen) atoms. The molecule has 1 aliphatic carbocycles. The summed E-state index contributed by atoms with van der Waals surface area (Å²) >= 11 is 0. The maximum Gasteiger partial charge on any atom is 0.253 e. The summed E-state index contributed by atoms with van der Waals surface area (Å²) in [6.45, 7) is 0.483. The fourth-order valence-corrected chi connectivity index (χ4v) is 2.67. The number of ether oxygens (including phenoxy) is 1. The Morgan fingerprint density at radius 2 is 2.20 bits per heavy atom. The third kappa shape index (κ3) is 3.22. The van der Waals surface area contributed by atoms with Crippen molar-refractivity contribution in [1.82, 2.24) is 5.32 Å². The summed E-state index contributed by atoms with van der Waals surface area (Å²) in [5.41, 5.74) is 6.65. The van der Waals surface area contributed by atoms with Crippen molar-refractivity contribution in [2.24, 2.45) is 5.92 Å². The van der Waals surface area contributed by atoms with Gasteiger partial charge in [-0.3, -0.25) is 4.79 Å². The van der Waals surface area contributed by atoms with Crippen molar-refractivity contribution in [3.63, 3.8) is 0 Å². The summed E-state index contributed by atoms with van der Waals surface area (Å²) in [4.78, 5) is 12.2. The molecule has 1 aliphatic rings. The summed E-state index contributed by atoms with van der Waals surface area (Å²) in [6.07, 6.45) is 3.64. The van der Waals surface area contributed by atoms with Crippen molar-refractivity contribution >= 4 is 11.6 Å². The monoisotopic (exact) mass is 278 g/mol. The molecule has 0 radical (unpaired) electrons. The first-order valence-corrected chi connectivity index (χ1v) is 7.02. The highest BCUT2D eigenvalue weighted by molar-refractivity contribution is 6.00. The van der Waals surface area contributed by atoms with Gasteiger partial charge in [0.05, 0.1) is 24.5 Å². The molecule has 2 unspecified atom stereocenters. The lowest BCUT2D eigenvalue weighted by molar-refractivity contribution is 0.0663. The minimum atomic E-state index is -0.313. The Balaban J connectivity index is 1.98. The molecule has 1 fully saturated rings. The number of aliphatic hydroxyl groups excluding tert-OH is 1. The molecule has 4 N–H and O–H groups in total. The molecule has 5 nitrogen and oxygen atoms in total. The van der Waals surface area contributed by atoms with Crippen LogP contribution in [0.4, 0.5) is 5.69 Å². The van der Waals surface area contributed by atoms with Gasteiger partial charge in [-0.2, -0.15) is 0 Å². The highest BCUT2D eigenvalue weighted by atomic mass is 16.5. The smallest absolute Gasteiger partial charge is 0.253 e. The first kappa shape index (κ1) is 14.7. The van der Waals surface area contributed by atoms with Crippen LogP contribution in [0, 0.1) is 5.92 Å². The summed E-state index contributed by atoms with van der Waals surface area (Å²) < 4.78 is 5.10. The third-order valence-corrected chi connectivity index (χ3v) is 3.92. The van der Waals surface area contributed by atoms with Crippen LogP contribution in [0.2, 0.25) is 0 Å². The second-order valence-corrected chi connectivity index (χ2v) is 5.24. The van der Waals surface area contributed by atoms with Crippen molar-refractivity contribution in [3.8, 4) is 5.75 Å². The molecule has 0 aromatic heterocycles. The first-order valence-electron chi connectivity index (χ1n) is 7.02. The Kier molecular flexibility index (Phi) is 4.84. The molecule has 110 valence electrons. The number of anilines is 1. The first-order chi connectivity index (χ1) is 9.63. The highest BCUT2D eigenvalue weighted by Gasteiger charge is 2.23. The van der Waals surface area contributed by atoms with Gasteiger partial charge in [0.1, 0.15) is 5.75 Å². The fourth-order valence-electron chi connectivity index (χ4n) is 2.67. The molecule has 2 atom stereocenters. The zero-order chi connectivity index (χ0) is 14.5. The summed E-state index contributed by atoms with van der Waals surface area (Å²) in [7, 11) is 1.52. The van der Waals surface area contributed by atoms with Gasteiger partial charge >= 0.3 is 0 Å². The van der Waals surface area contributed by atoms with Crippen LogP contribution < -0.4 is 15.8 Å². The van der Waals surface area contributed by atoms with Gasteiger partial charge in [0, 0.05) is 12.5 Å². The van der Waals surface area contributed by atoms with Crippen LogP contribution in [0.15, 0.2) is 18.2 Å². The normalized spacial score (nSPS) is 22.3. The second kappa shape index (κ2) is 6.61. The lowest BCUT2D eigenvalue weighted by Crippen LogP contribution is -2.36. The van der Waals surface area contributed by atoms with Gasteiger partial charge in [-0.15, -0.1) is 0 Å². The highest BCUT2D eigenvalue weighted by Crippen LogP contribution is 2.26. The van der Waals surface area contributed by atoms with E-state index < -0.39 is 0 Å². The Bertz CT molecular complexity index is 476. The maximum absolute atomic E-state index is 12.2. The van der Waals surface area contributed by atoms with Crippen LogP contribution in [0.5, 0.6) is 5.75 Å². The van der Waals surface area contributed by atoms with Gasteiger partial charge in [-0.1, -0.05) is 18.9 Å². The third-order valence-electron chi connectivity index (χ3n) is 3.92.